The molecule has 1 N–H and O–H groups in total. The second kappa shape index (κ2) is 5.60. The Morgan fingerprint density at radius 1 is 1.10 bits per heavy atom. The van der Waals surface area contributed by atoms with Gasteiger partial charge in [0.1, 0.15) is 0 Å². The number of rotatable bonds is 2. The summed E-state index contributed by atoms with van der Waals surface area (Å²) in [6.45, 7) is 4.11. The Morgan fingerprint density at radius 3 is 2.52 bits per heavy atom. The SMILES string of the molecule is CC(=O)N1CCN(C(=O)Cc2ccc3[nH]ccc3c2)CC1. The molecule has 5 nitrogen and oxygen atoms in total. The van der Waals surface area contributed by atoms with Gasteiger partial charge in [-0.05, 0) is 29.1 Å². The summed E-state index contributed by atoms with van der Waals surface area (Å²) in [5.41, 5.74) is 2.11. The lowest BCUT2D eigenvalue weighted by molar-refractivity contribution is -0.138. The smallest absolute Gasteiger partial charge is 0.227 e. The molecule has 2 aromatic rings. The molecule has 1 aromatic carbocycles. The highest BCUT2D eigenvalue weighted by molar-refractivity contribution is 5.84. The first-order chi connectivity index (χ1) is 10.1. The standard InChI is InChI=1S/C16H19N3O2/c1-12(20)18-6-8-19(9-7-18)16(21)11-13-2-3-15-14(10-13)4-5-17-15/h2-5,10,17H,6-9,11H2,1H3. The van der Waals surface area contributed by atoms with Crippen LogP contribution in [0.5, 0.6) is 0 Å². The van der Waals surface area contributed by atoms with Crippen molar-refractivity contribution in [1.82, 2.24) is 14.8 Å². The number of fused-ring (bicyclic) bond motifs is 1. The van der Waals surface area contributed by atoms with Crippen LogP contribution in [0.3, 0.4) is 0 Å². The fourth-order valence-electron chi connectivity index (χ4n) is 2.77. The van der Waals surface area contributed by atoms with Crippen LogP contribution in [0.4, 0.5) is 0 Å². The minimum atomic E-state index is 0.0833. The summed E-state index contributed by atoms with van der Waals surface area (Å²) in [6, 6.07) is 8.05. The fraction of sp³-hybridized carbons (Fsp3) is 0.375. The van der Waals surface area contributed by atoms with Crippen molar-refractivity contribution in [2.45, 2.75) is 13.3 Å². The third kappa shape index (κ3) is 2.91. The molecular weight excluding hydrogens is 266 g/mol. The monoisotopic (exact) mass is 285 g/mol. The third-order valence-electron chi connectivity index (χ3n) is 4.05. The molecule has 0 spiro atoms. The number of nitrogens with zero attached hydrogens (tertiary/aromatic N) is 2. The van der Waals surface area contributed by atoms with Crippen LogP contribution in [0.15, 0.2) is 30.5 Å². The van der Waals surface area contributed by atoms with Gasteiger partial charge in [0, 0.05) is 44.8 Å². The van der Waals surface area contributed by atoms with Crippen LogP contribution < -0.4 is 0 Å². The van der Waals surface area contributed by atoms with Crippen molar-refractivity contribution >= 4 is 22.7 Å². The summed E-state index contributed by atoms with van der Waals surface area (Å²) < 4.78 is 0. The van der Waals surface area contributed by atoms with Gasteiger partial charge < -0.3 is 14.8 Å². The van der Waals surface area contributed by atoms with E-state index in [1.165, 1.54) is 0 Å². The molecule has 1 aliphatic heterocycles. The molecule has 2 amide bonds. The normalized spacial score (nSPS) is 15.5. The number of piperazine rings is 1. The van der Waals surface area contributed by atoms with Crippen LogP contribution in [-0.4, -0.2) is 52.8 Å². The van der Waals surface area contributed by atoms with Gasteiger partial charge >= 0.3 is 0 Å². The number of aromatic amines is 1. The number of carbonyl (C=O) groups excluding carboxylic acids is 2. The van der Waals surface area contributed by atoms with Gasteiger partial charge in [-0.1, -0.05) is 6.07 Å². The maximum atomic E-state index is 12.3. The first-order valence-electron chi connectivity index (χ1n) is 7.23. The first kappa shape index (κ1) is 13.7. The molecule has 5 heteroatoms. The minimum Gasteiger partial charge on any atom is -0.361 e. The van der Waals surface area contributed by atoms with Crippen LogP contribution in [0.25, 0.3) is 10.9 Å². The molecule has 0 saturated carbocycles. The molecule has 0 aliphatic carbocycles. The van der Waals surface area contributed by atoms with Gasteiger partial charge in [0.2, 0.25) is 11.8 Å². The van der Waals surface area contributed by atoms with Crippen molar-refractivity contribution in [2.75, 3.05) is 26.2 Å². The van der Waals surface area contributed by atoms with E-state index in [1.807, 2.05) is 29.3 Å². The van der Waals surface area contributed by atoms with Crippen molar-refractivity contribution in [3.8, 4) is 0 Å². The van der Waals surface area contributed by atoms with E-state index in [0.29, 0.717) is 32.6 Å². The van der Waals surface area contributed by atoms with E-state index in [-0.39, 0.29) is 11.8 Å². The minimum absolute atomic E-state index is 0.0833. The Labute approximate surface area is 123 Å². The average molecular weight is 285 g/mol. The molecule has 21 heavy (non-hydrogen) atoms. The average Bonchev–Trinajstić information content (AvgIpc) is 2.95. The highest BCUT2D eigenvalue weighted by Gasteiger charge is 2.22. The number of aromatic nitrogens is 1. The predicted octanol–water partition coefficient (Wildman–Crippen LogP) is 1.40. The molecule has 1 fully saturated rings. The van der Waals surface area contributed by atoms with E-state index in [2.05, 4.69) is 11.1 Å². The van der Waals surface area contributed by atoms with E-state index in [0.717, 1.165) is 16.5 Å². The molecule has 1 saturated heterocycles. The van der Waals surface area contributed by atoms with Crippen LogP contribution >= 0.6 is 0 Å². The van der Waals surface area contributed by atoms with Crippen molar-refractivity contribution in [2.24, 2.45) is 0 Å². The fourth-order valence-corrected chi connectivity index (χ4v) is 2.77. The Morgan fingerprint density at radius 2 is 1.81 bits per heavy atom. The van der Waals surface area contributed by atoms with Crippen molar-refractivity contribution in [3.05, 3.63) is 36.0 Å². The highest BCUT2D eigenvalue weighted by atomic mass is 16.2. The Hall–Kier alpha value is -2.30. The first-order valence-corrected chi connectivity index (χ1v) is 7.23. The molecular formula is C16H19N3O2. The quantitative estimate of drug-likeness (QED) is 0.907. The highest BCUT2D eigenvalue weighted by Crippen LogP contribution is 2.15. The summed E-state index contributed by atoms with van der Waals surface area (Å²) in [7, 11) is 0. The topological polar surface area (TPSA) is 56.4 Å². The van der Waals surface area contributed by atoms with E-state index in [4.69, 9.17) is 0 Å². The second-order valence-corrected chi connectivity index (χ2v) is 5.46. The molecule has 3 rings (SSSR count). The van der Waals surface area contributed by atoms with Crippen molar-refractivity contribution in [1.29, 1.82) is 0 Å². The number of benzene rings is 1. The molecule has 1 aromatic heterocycles. The van der Waals surface area contributed by atoms with Gasteiger partial charge in [0.05, 0.1) is 6.42 Å². The van der Waals surface area contributed by atoms with E-state index >= 15 is 0 Å². The van der Waals surface area contributed by atoms with E-state index in [1.54, 1.807) is 11.8 Å². The second-order valence-electron chi connectivity index (χ2n) is 5.46. The zero-order chi connectivity index (χ0) is 14.8. The molecule has 0 bridgehead atoms. The lowest BCUT2D eigenvalue weighted by Gasteiger charge is -2.34. The molecule has 2 heterocycles. The largest absolute Gasteiger partial charge is 0.361 e. The lowest BCUT2D eigenvalue weighted by atomic mass is 10.1. The number of nitrogens with one attached hydrogen (secondary N) is 1. The van der Waals surface area contributed by atoms with Gasteiger partial charge in [-0.3, -0.25) is 9.59 Å². The Bertz CT molecular complexity index is 669. The van der Waals surface area contributed by atoms with Crippen LogP contribution in [0.1, 0.15) is 12.5 Å². The van der Waals surface area contributed by atoms with Gasteiger partial charge in [0.15, 0.2) is 0 Å². The molecule has 110 valence electrons. The van der Waals surface area contributed by atoms with Gasteiger partial charge in [-0.25, -0.2) is 0 Å². The third-order valence-corrected chi connectivity index (χ3v) is 4.05. The predicted molar refractivity (Wildman–Crippen MR) is 80.8 cm³/mol. The summed E-state index contributed by atoms with van der Waals surface area (Å²) in [5.74, 6) is 0.216. The number of hydrogen-bond donors (Lipinski definition) is 1. The number of H-pyrrole nitrogens is 1. The van der Waals surface area contributed by atoms with E-state index in [9.17, 15) is 9.59 Å². The molecule has 0 unspecified atom stereocenters. The molecule has 0 radical (unpaired) electrons. The number of amides is 2. The summed E-state index contributed by atoms with van der Waals surface area (Å²) >= 11 is 0. The zero-order valence-corrected chi connectivity index (χ0v) is 12.1. The summed E-state index contributed by atoms with van der Waals surface area (Å²) in [4.78, 5) is 30.4. The Balaban J connectivity index is 1.62. The summed E-state index contributed by atoms with van der Waals surface area (Å²) in [6.07, 6.45) is 2.32. The van der Waals surface area contributed by atoms with Crippen LogP contribution in [-0.2, 0) is 16.0 Å². The van der Waals surface area contributed by atoms with Crippen LogP contribution in [0, 0.1) is 0 Å². The van der Waals surface area contributed by atoms with Gasteiger partial charge in [-0.2, -0.15) is 0 Å². The van der Waals surface area contributed by atoms with Gasteiger partial charge in [0.25, 0.3) is 0 Å². The number of carbonyl (C=O) groups is 2. The maximum Gasteiger partial charge on any atom is 0.227 e. The maximum absolute atomic E-state index is 12.3. The zero-order valence-electron chi connectivity index (χ0n) is 12.1. The van der Waals surface area contributed by atoms with Crippen molar-refractivity contribution in [3.63, 3.8) is 0 Å². The molecule has 1 aliphatic rings. The summed E-state index contributed by atoms with van der Waals surface area (Å²) in [5, 5.41) is 1.13. The van der Waals surface area contributed by atoms with Crippen molar-refractivity contribution < 1.29 is 9.59 Å². The molecule has 0 atom stereocenters. The Kier molecular flexibility index (Phi) is 3.64. The lowest BCUT2D eigenvalue weighted by Crippen LogP contribution is -2.50. The van der Waals surface area contributed by atoms with Gasteiger partial charge in [-0.15, -0.1) is 0 Å². The van der Waals surface area contributed by atoms with Crippen LogP contribution in [0.2, 0.25) is 0 Å². The van der Waals surface area contributed by atoms with E-state index < -0.39 is 0 Å². The number of hydrogen-bond acceptors (Lipinski definition) is 2.